The summed E-state index contributed by atoms with van der Waals surface area (Å²) in [7, 11) is 1.01. The van der Waals surface area contributed by atoms with Gasteiger partial charge in [-0.1, -0.05) is 6.08 Å². The van der Waals surface area contributed by atoms with Gasteiger partial charge in [-0.05, 0) is 0 Å². The number of hydrogen-bond acceptors (Lipinski definition) is 3. The molecule has 10 heavy (non-hydrogen) atoms. The van der Waals surface area contributed by atoms with E-state index in [0.29, 0.717) is 4.31 Å². The average molecular weight is 182 g/mol. The molecule has 6 heteroatoms. The topological polar surface area (TPSA) is 54.5 Å². The maximum atomic E-state index is 10.6. The standard InChI is InChI=1S/C4H4ClNO3S/c5-10(8,9)6-3-1-2-4(6)7/h1-2H,3H2. The minimum atomic E-state index is -3.86. The average Bonchev–Trinajstić information content (AvgIpc) is 2.11. The second-order valence-electron chi connectivity index (χ2n) is 1.71. The molecule has 0 aliphatic carbocycles. The third-order valence-corrected chi connectivity index (χ3v) is 2.40. The Morgan fingerprint density at radius 1 is 1.60 bits per heavy atom. The summed E-state index contributed by atoms with van der Waals surface area (Å²) in [5.41, 5.74) is 0. The predicted octanol–water partition coefficient (Wildman–Crippen LogP) is -0.132. The fraction of sp³-hybridized carbons (Fsp3) is 0.250. The zero-order valence-corrected chi connectivity index (χ0v) is 6.39. The van der Waals surface area contributed by atoms with Crippen molar-refractivity contribution in [3.8, 4) is 0 Å². The summed E-state index contributed by atoms with van der Waals surface area (Å²) in [6, 6.07) is 0. The molecule has 0 aromatic carbocycles. The minimum Gasteiger partial charge on any atom is -0.269 e. The van der Waals surface area contributed by atoms with Crippen LogP contribution in [0.4, 0.5) is 0 Å². The van der Waals surface area contributed by atoms with E-state index in [0.717, 1.165) is 0 Å². The smallest absolute Gasteiger partial charge is 0.269 e. The maximum absolute atomic E-state index is 10.6. The van der Waals surface area contributed by atoms with Gasteiger partial charge in [0.1, 0.15) is 0 Å². The fourth-order valence-corrected chi connectivity index (χ4v) is 1.53. The van der Waals surface area contributed by atoms with E-state index in [1.54, 1.807) is 0 Å². The number of halogens is 1. The van der Waals surface area contributed by atoms with Gasteiger partial charge in [-0.3, -0.25) is 4.79 Å². The monoisotopic (exact) mass is 181 g/mol. The molecule has 1 rings (SSSR count). The van der Waals surface area contributed by atoms with Crippen LogP contribution in [0.3, 0.4) is 0 Å². The van der Waals surface area contributed by atoms with Gasteiger partial charge in [0.05, 0.1) is 6.54 Å². The fourth-order valence-electron chi connectivity index (χ4n) is 0.619. The molecule has 0 fully saturated rings. The lowest BCUT2D eigenvalue weighted by Gasteiger charge is -2.08. The number of hydrogen-bond donors (Lipinski definition) is 0. The molecule has 4 nitrogen and oxygen atoms in total. The highest BCUT2D eigenvalue weighted by molar-refractivity contribution is 8.12. The molecular formula is C4H4ClNO3S. The van der Waals surface area contributed by atoms with Crippen molar-refractivity contribution in [3.63, 3.8) is 0 Å². The summed E-state index contributed by atoms with van der Waals surface area (Å²) in [6.45, 7) is 0.0463. The SMILES string of the molecule is O=C1C=CCN1S(=O)(=O)Cl. The van der Waals surface area contributed by atoms with Crippen molar-refractivity contribution in [2.75, 3.05) is 6.54 Å². The number of rotatable bonds is 1. The Labute approximate surface area is 62.6 Å². The first-order valence-corrected chi connectivity index (χ1v) is 4.71. The molecule has 1 aliphatic rings. The maximum Gasteiger partial charge on any atom is 0.324 e. The first kappa shape index (κ1) is 7.56. The largest absolute Gasteiger partial charge is 0.324 e. The third kappa shape index (κ3) is 1.30. The van der Waals surface area contributed by atoms with E-state index in [9.17, 15) is 13.2 Å². The van der Waals surface area contributed by atoms with Crippen molar-refractivity contribution in [1.29, 1.82) is 0 Å². The Morgan fingerprint density at radius 3 is 2.40 bits per heavy atom. The molecule has 0 aromatic rings. The van der Waals surface area contributed by atoms with Crippen molar-refractivity contribution < 1.29 is 13.2 Å². The van der Waals surface area contributed by atoms with Crippen LogP contribution in [-0.4, -0.2) is 25.2 Å². The molecule has 0 aromatic heterocycles. The van der Waals surface area contributed by atoms with Gasteiger partial charge in [0.2, 0.25) is 0 Å². The molecule has 0 spiro atoms. The second-order valence-corrected chi connectivity index (χ2v) is 4.15. The van der Waals surface area contributed by atoms with Crippen LogP contribution < -0.4 is 0 Å². The van der Waals surface area contributed by atoms with Crippen molar-refractivity contribution >= 4 is 25.8 Å². The lowest BCUT2D eigenvalue weighted by Crippen LogP contribution is -2.28. The van der Waals surface area contributed by atoms with Crippen LogP contribution in [0.2, 0.25) is 0 Å². The normalized spacial score (nSPS) is 18.5. The van der Waals surface area contributed by atoms with E-state index in [1.807, 2.05) is 0 Å². The van der Waals surface area contributed by atoms with E-state index in [-0.39, 0.29) is 6.54 Å². The van der Waals surface area contributed by atoms with Gasteiger partial charge in [0, 0.05) is 16.8 Å². The van der Waals surface area contributed by atoms with Crippen molar-refractivity contribution in [3.05, 3.63) is 12.2 Å². The Kier molecular flexibility index (Phi) is 1.70. The number of amides is 1. The van der Waals surface area contributed by atoms with E-state index in [4.69, 9.17) is 10.7 Å². The van der Waals surface area contributed by atoms with Gasteiger partial charge in [-0.25, -0.2) is 4.31 Å². The first-order valence-electron chi connectivity index (χ1n) is 2.44. The summed E-state index contributed by atoms with van der Waals surface area (Å²) in [4.78, 5) is 10.6. The van der Waals surface area contributed by atoms with Crippen molar-refractivity contribution in [1.82, 2.24) is 4.31 Å². The molecule has 0 bridgehead atoms. The predicted molar refractivity (Wildman–Crippen MR) is 35.6 cm³/mol. The third-order valence-electron chi connectivity index (χ3n) is 1.04. The van der Waals surface area contributed by atoms with Crippen LogP contribution in [0.1, 0.15) is 0 Å². The minimum absolute atomic E-state index is 0.0463. The zero-order valence-electron chi connectivity index (χ0n) is 4.82. The Hall–Kier alpha value is -0.550. The quantitative estimate of drug-likeness (QED) is 0.530. The highest BCUT2D eigenvalue weighted by Gasteiger charge is 2.25. The Bertz CT molecular complexity index is 281. The van der Waals surface area contributed by atoms with Gasteiger partial charge in [-0.15, -0.1) is 0 Å². The van der Waals surface area contributed by atoms with Gasteiger partial charge in [0.25, 0.3) is 5.91 Å². The van der Waals surface area contributed by atoms with Gasteiger partial charge in [0.15, 0.2) is 0 Å². The molecule has 56 valence electrons. The molecule has 1 heterocycles. The molecule has 0 saturated heterocycles. The molecular weight excluding hydrogens is 178 g/mol. The van der Waals surface area contributed by atoms with Crippen LogP contribution in [0.5, 0.6) is 0 Å². The summed E-state index contributed by atoms with van der Waals surface area (Å²) in [5.74, 6) is -0.588. The number of carbonyl (C=O) groups is 1. The van der Waals surface area contributed by atoms with Crippen LogP contribution >= 0.6 is 10.7 Å². The molecule has 0 atom stereocenters. The van der Waals surface area contributed by atoms with Crippen LogP contribution in [0.15, 0.2) is 12.2 Å². The number of carbonyl (C=O) groups excluding carboxylic acids is 1. The van der Waals surface area contributed by atoms with E-state index in [1.165, 1.54) is 12.2 Å². The molecule has 1 aliphatic heterocycles. The molecule has 0 saturated carbocycles. The first-order chi connectivity index (χ1) is 4.52. The second kappa shape index (κ2) is 2.25. The summed E-state index contributed by atoms with van der Waals surface area (Å²) in [5, 5.41) is 0. The van der Waals surface area contributed by atoms with Crippen LogP contribution in [-0.2, 0) is 14.0 Å². The lowest BCUT2D eigenvalue weighted by atomic mass is 10.6. The van der Waals surface area contributed by atoms with Crippen LogP contribution in [0, 0.1) is 0 Å². The highest BCUT2D eigenvalue weighted by atomic mass is 35.7. The zero-order chi connectivity index (χ0) is 7.78. The van der Waals surface area contributed by atoms with Gasteiger partial charge in [-0.2, -0.15) is 8.42 Å². The van der Waals surface area contributed by atoms with Crippen molar-refractivity contribution in [2.45, 2.75) is 0 Å². The van der Waals surface area contributed by atoms with Crippen molar-refractivity contribution in [2.24, 2.45) is 0 Å². The summed E-state index contributed by atoms with van der Waals surface area (Å²) < 4.78 is 21.5. The molecule has 0 radical (unpaired) electrons. The van der Waals surface area contributed by atoms with Gasteiger partial charge < -0.3 is 0 Å². The molecule has 0 N–H and O–H groups in total. The Morgan fingerprint density at radius 2 is 2.20 bits per heavy atom. The summed E-state index contributed by atoms with van der Waals surface area (Å²) >= 11 is 0. The van der Waals surface area contributed by atoms with Crippen LogP contribution in [0.25, 0.3) is 0 Å². The lowest BCUT2D eigenvalue weighted by molar-refractivity contribution is -0.120. The van der Waals surface area contributed by atoms with Gasteiger partial charge >= 0.3 is 9.24 Å². The summed E-state index contributed by atoms with van der Waals surface area (Å²) in [6.07, 6.45) is 2.60. The Balaban J connectivity index is 2.90. The molecule has 0 unspecified atom stereocenters. The number of nitrogens with zero attached hydrogens (tertiary/aromatic N) is 1. The molecule has 1 amide bonds. The van der Waals surface area contributed by atoms with E-state index in [2.05, 4.69) is 0 Å². The van der Waals surface area contributed by atoms with E-state index < -0.39 is 15.1 Å². The highest BCUT2D eigenvalue weighted by Crippen LogP contribution is 2.11. The van der Waals surface area contributed by atoms with E-state index >= 15 is 0 Å².